The van der Waals surface area contributed by atoms with E-state index in [0.717, 1.165) is 12.0 Å². The normalized spacial score (nSPS) is 14.9. The van der Waals surface area contributed by atoms with Gasteiger partial charge in [0.15, 0.2) is 0 Å². The summed E-state index contributed by atoms with van der Waals surface area (Å²) in [6, 6.07) is 18.1. The summed E-state index contributed by atoms with van der Waals surface area (Å²) in [6.45, 7) is 1.89. The molecule has 0 saturated heterocycles. The predicted molar refractivity (Wildman–Crippen MR) is 138 cm³/mol. The third-order valence-corrected chi connectivity index (χ3v) is 7.30. The van der Waals surface area contributed by atoms with Crippen LogP contribution in [-0.2, 0) is 16.0 Å². The van der Waals surface area contributed by atoms with E-state index in [4.69, 9.17) is 21.1 Å². The minimum Gasteiger partial charge on any atom is -0.491 e. The van der Waals surface area contributed by atoms with E-state index in [1.165, 1.54) is 4.88 Å². The van der Waals surface area contributed by atoms with Crippen LogP contribution in [0.5, 0.6) is 5.75 Å². The smallest absolute Gasteiger partial charge is 0.254 e. The molecule has 6 nitrogen and oxygen atoms in total. The SMILES string of the molecule is COCCCN(CC(=O)N1CCc2sccc2[C@H]1COc1ccc(Cl)cc1)C(=O)c1ccccc1. The number of carbonyl (C=O) groups excluding carboxylic acids is 2. The Labute approximate surface area is 215 Å². The van der Waals surface area contributed by atoms with Crippen LogP contribution in [0.1, 0.15) is 33.3 Å². The number of benzene rings is 2. The number of thiophene rings is 1. The van der Waals surface area contributed by atoms with Crippen molar-refractivity contribution in [2.45, 2.75) is 18.9 Å². The van der Waals surface area contributed by atoms with E-state index in [2.05, 4.69) is 11.4 Å². The van der Waals surface area contributed by atoms with Crippen molar-refractivity contribution < 1.29 is 19.1 Å². The van der Waals surface area contributed by atoms with Gasteiger partial charge in [0.05, 0.1) is 6.04 Å². The molecule has 0 spiro atoms. The Morgan fingerprint density at radius 1 is 1.11 bits per heavy atom. The molecule has 0 saturated carbocycles. The Kier molecular flexibility index (Phi) is 8.79. The Balaban J connectivity index is 1.51. The summed E-state index contributed by atoms with van der Waals surface area (Å²) in [4.78, 5) is 31.6. The monoisotopic (exact) mass is 512 g/mol. The molecule has 0 unspecified atom stereocenters. The van der Waals surface area contributed by atoms with Crippen LogP contribution in [0.2, 0.25) is 5.02 Å². The fourth-order valence-electron chi connectivity index (χ4n) is 4.25. The Bertz CT molecular complexity index is 1120. The third-order valence-electron chi connectivity index (χ3n) is 6.05. The first-order valence-corrected chi connectivity index (χ1v) is 12.9. The van der Waals surface area contributed by atoms with E-state index in [0.29, 0.717) is 49.1 Å². The summed E-state index contributed by atoms with van der Waals surface area (Å²) < 4.78 is 11.2. The van der Waals surface area contributed by atoms with Gasteiger partial charge in [0, 0.05) is 42.3 Å². The van der Waals surface area contributed by atoms with Crippen molar-refractivity contribution in [3.05, 3.63) is 87.1 Å². The second-order valence-electron chi connectivity index (χ2n) is 8.36. The number of hydrogen-bond donors (Lipinski definition) is 0. The Morgan fingerprint density at radius 3 is 2.63 bits per heavy atom. The lowest BCUT2D eigenvalue weighted by molar-refractivity contribution is -0.135. The summed E-state index contributed by atoms with van der Waals surface area (Å²) in [7, 11) is 1.63. The van der Waals surface area contributed by atoms with Gasteiger partial charge in [-0.05, 0) is 66.2 Å². The number of fused-ring (bicyclic) bond motifs is 1. The van der Waals surface area contributed by atoms with Gasteiger partial charge in [0.2, 0.25) is 5.91 Å². The zero-order valence-electron chi connectivity index (χ0n) is 19.7. The standard InChI is InChI=1S/C27H29ClN2O4S/c1-33-16-5-14-29(27(32)20-6-3-2-4-7-20)18-26(31)30-15-12-25-23(13-17-35-25)24(30)19-34-22-10-8-21(28)9-11-22/h2-4,6-11,13,17,24H,5,12,14-16,18-19H2,1H3/t24-/m1/s1. The lowest BCUT2D eigenvalue weighted by Gasteiger charge is -2.37. The van der Waals surface area contributed by atoms with Gasteiger partial charge in [0.1, 0.15) is 18.9 Å². The number of halogens is 1. The van der Waals surface area contributed by atoms with Crippen molar-refractivity contribution in [1.82, 2.24) is 9.80 Å². The van der Waals surface area contributed by atoms with Gasteiger partial charge in [-0.25, -0.2) is 0 Å². The van der Waals surface area contributed by atoms with Crippen LogP contribution in [0.4, 0.5) is 0 Å². The molecule has 3 aromatic rings. The molecule has 1 atom stereocenters. The van der Waals surface area contributed by atoms with Crippen LogP contribution >= 0.6 is 22.9 Å². The minimum absolute atomic E-state index is 0.00829. The largest absolute Gasteiger partial charge is 0.491 e. The lowest BCUT2D eigenvalue weighted by atomic mass is 10.0. The molecule has 0 bridgehead atoms. The maximum absolute atomic E-state index is 13.6. The van der Waals surface area contributed by atoms with Gasteiger partial charge in [-0.1, -0.05) is 29.8 Å². The van der Waals surface area contributed by atoms with Crippen LogP contribution in [0.3, 0.4) is 0 Å². The molecule has 4 rings (SSSR count). The number of rotatable bonds is 10. The molecular formula is C27H29ClN2O4S. The second-order valence-corrected chi connectivity index (χ2v) is 9.79. The van der Waals surface area contributed by atoms with Crippen LogP contribution < -0.4 is 4.74 Å². The highest BCUT2D eigenvalue weighted by Gasteiger charge is 2.33. The van der Waals surface area contributed by atoms with Crippen LogP contribution in [0, 0.1) is 0 Å². The average molecular weight is 513 g/mol. The molecule has 0 radical (unpaired) electrons. The summed E-state index contributed by atoms with van der Waals surface area (Å²) in [5, 5.41) is 2.70. The van der Waals surface area contributed by atoms with E-state index in [9.17, 15) is 9.59 Å². The molecule has 0 N–H and O–H groups in total. The Morgan fingerprint density at radius 2 is 1.89 bits per heavy atom. The first-order valence-electron chi connectivity index (χ1n) is 11.6. The number of methoxy groups -OCH3 is 1. The molecule has 2 heterocycles. The topological polar surface area (TPSA) is 59.1 Å². The van der Waals surface area contributed by atoms with Gasteiger partial charge in [-0.2, -0.15) is 0 Å². The van der Waals surface area contributed by atoms with E-state index in [1.54, 1.807) is 47.6 Å². The van der Waals surface area contributed by atoms with E-state index < -0.39 is 0 Å². The van der Waals surface area contributed by atoms with Crippen molar-refractivity contribution in [2.75, 3.05) is 40.0 Å². The summed E-state index contributed by atoms with van der Waals surface area (Å²) in [6.07, 6.45) is 1.45. The molecule has 1 aliphatic rings. The Hall–Kier alpha value is -2.87. The molecule has 1 aromatic heterocycles. The lowest BCUT2D eigenvalue weighted by Crippen LogP contribution is -2.48. The molecule has 35 heavy (non-hydrogen) atoms. The predicted octanol–water partition coefficient (Wildman–Crippen LogP) is 5.09. The highest BCUT2D eigenvalue weighted by Crippen LogP contribution is 2.34. The van der Waals surface area contributed by atoms with E-state index >= 15 is 0 Å². The van der Waals surface area contributed by atoms with Gasteiger partial charge in [-0.15, -0.1) is 11.3 Å². The summed E-state index contributed by atoms with van der Waals surface area (Å²) in [5.74, 6) is 0.454. The van der Waals surface area contributed by atoms with E-state index in [-0.39, 0.29) is 24.4 Å². The molecule has 2 aromatic carbocycles. The molecule has 184 valence electrons. The number of nitrogens with zero attached hydrogens (tertiary/aromatic N) is 2. The van der Waals surface area contributed by atoms with Gasteiger partial charge < -0.3 is 19.3 Å². The molecule has 8 heteroatoms. The first kappa shape index (κ1) is 25.2. The quantitative estimate of drug-likeness (QED) is 0.355. The van der Waals surface area contributed by atoms with Crippen molar-refractivity contribution >= 4 is 34.8 Å². The summed E-state index contributed by atoms with van der Waals surface area (Å²) in [5.41, 5.74) is 1.68. The number of ether oxygens (including phenoxy) is 2. The zero-order chi connectivity index (χ0) is 24.6. The fourth-order valence-corrected chi connectivity index (χ4v) is 5.30. The number of carbonyl (C=O) groups is 2. The van der Waals surface area contributed by atoms with Crippen molar-refractivity contribution in [3.63, 3.8) is 0 Å². The van der Waals surface area contributed by atoms with Crippen molar-refractivity contribution in [2.24, 2.45) is 0 Å². The average Bonchev–Trinajstić information content (AvgIpc) is 3.37. The van der Waals surface area contributed by atoms with Crippen LogP contribution in [0.15, 0.2) is 66.0 Å². The molecule has 1 aliphatic heterocycles. The van der Waals surface area contributed by atoms with Gasteiger partial charge >= 0.3 is 0 Å². The van der Waals surface area contributed by atoms with Gasteiger partial charge in [-0.3, -0.25) is 9.59 Å². The second kappa shape index (κ2) is 12.2. The highest BCUT2D eigenvalue weighted by molar-refractivity contribution is 7.10. The third kappa shape index (κ3) is 6.42. The minimum atomic E-state index is -0.221. The molecular weight excluding hydrogens is 484 g/mol. The van der Waals surface area contributed by atoms with Crippen molar-refractivity contribution in [1.29, 1.82) is 0 Å². The molecule has 0 aliphatic carbocycles. The van der Waals surface area contributed by atoms with Crippen molar-refractivity contribution in [3.8, 4) is 5.75 Å². The van der Waals surface area contributed by atoms with E-state index in [1.807, 2.05) is 35.2 Å². The first-order chi connectivity index (χ1) is 17.1. The molecule has 0 fully saturated rings. The zero-order valence-corrected chi connectivity index (χ0v) is 21.3. The summed E-state index contributed by atoms with van der Waals surface area (Å²) >= 11 is 7.70. The van der Waals surface area contributed by atoms with Gasteiger partial charge in [0.25, 0.3) is 5.91 Å². The molecule has 2 amide bonds. The maximum atomic E-state index is 13.6. The number of hydrogen-bond acceptors (Lipinski definition) is 5. The fraction of sp³-hybridized carbons (Fsp3) is 0.333. The van der Waals surface area contributed by atoms with Crippen LogP contribution in [-0.4, -0.2) is 61.6 Å². The number of amides is 2. The highest BCUT2D eigenvalue weighted by atomic mass is 35.5. The van der Waals surface area contributed by atoms with Crippen LogP contribution in [0.25, 0.3) is 0 Å². The maximum Gasteiger partial charge on any atom is 0.254 e.